The molecule has 0 radical (unpaired) electrons. The topological polar surface area (TPSA) is 58.4 Å². The van der Waals surface area contributed by atoms with Crippen molar-refractivity contribution in [2.75, 3.05) is 31.1 Å². The summed E-state index contributed by atoms with van der Waals surface area (Å²) >= 11 is 1.75. The summed E-state index contributed by atoms with van der Waals surface area (Å²) in [6, 6.07) is 5.77. The van der Waals surface area contributed by atoms with Crippen LogP contribution in [-0.4, -0.2) is 46.8 Å². The Morgan fingerprint density at radius 1 is 1.29 bits per heavy atom. The summed E-state index contributed by atoms with van der Waals surface area (Å²) in [6.45, 7) is 2.89. The smallest absolute Gasteiger partial charge is 0.268 e. The number of carbonyl (C=O) groups is 1. The van der Waals surface area contributed by atoms with E-state index in [1.165, 1.54) is 9.56 Å². The van der Waals surface area contributed by atoms with E-state index in [0.717, 1.165) is 31.6 Å². The van der Waals surface area contributed by atoms with Gasteiger partial charge in [-0.1, -0.05) is 6.07 Å². The highest BCUT2D eigenvalue weighted by atomic mass is 32.1. The number of rotatable bonds is 5. The minimum Gasteiger partial charge on any atom is -0.367 e. The molecular weight excluding hydrogens is 324 g/mol. The lowest BCUT2D eigenvalue weighted by Crippen LogP contribution is -2.49. The lowest BCUT2D eigenvalue weighted by Gasteiger charge is -2.36. The van der Waals surface area contributed by atoms with Crippen molar-refractivity contribution in [2.45, 2.75) is 19.3 Å². The van der Waals surface area contributed by atoms with Crippen molar-refractivity contribution in [3.8, 4) is 0 Å². The van der Waals surface area contributed by atoms with E-state index in [4.69, 9.17) is 0 Å². The minimum absolute atomic E-state index is 0.111. The molecule has 1 aliphatic heterocycles. The maximum Gasteiger partial charge on any atom is 0.268 e. The van der Waals surface area contributed by atoms with Gasteiger partial charge in [0.25, 0.3) is 5.56 Å². The van der Waals surface area contributed by atoms with Crippen LogP contribution >= 0.6 is 11.3 Å². The van der Waals surface area contributed by atoms with Crippen LogP contribution in [0.15, 0.2) is 34.6 Å². The minimum atomic E-state index is -0.111. The van der Waals surface area contributed by atoms with Crippen molar-refractivity contribution in [3.63, 3.8) is 0 Å². The molecule has 1 saturated heterocycles. The van der Waals surface area contributed by atoms with Crippen LogP contribution in [0.5, 0.6) is 0 Å². The number of amides is 1. The molecule has 0 saturated carbocycles. The summed E-state index contributed by atoms with van der Waals surface area (Å²) < 4.78 is 1.32. The Labute approximate surface area is 145 Å². The van der Waals surface area contributed by atoms with Crippen LogP contribution in [0.2, 0.25) is 0 Å². The highest BCUT2D eigenvalue weighted by molar-refractivity contribution is 7.09. The first-order chi connectivity index (χ1) is 11.6. The van der Waals surface area contributed by atoms with E-state index < -0.39 is 0 Å². The normalized spacial score (nSPS) is 14.9. The van der Waals surface area contributed by atoms with Gasteiger partial charge in [-0.05, 0) is 24.3 Å². The third-order valence-corrected chi connectivity index (χ3v) is 5.28. The highest BCUT2D eigenvalue weighted by Gasteiger charge is 2.21. The Hall–Kier alpha value is -2.15. The van der Waals surface area contributed by atoms with Crippen LogP contribution < -0.4 is 10.5 Å². The van der Waals surface area contributed by atoms with Gasteiger partial charge >= 0.3 is 0 Å². The first-order valence-electron chi connectivity index (χ1n) is 8.22. The van der Waals surface area contributed by atoms with Crippen molar-refractivity contribution in [1.29, 1.82) is 0 Å². The van der Waals surface area contributed by atoms with E-state index in [9.17, 15) is 9.59 Å². The third kappa shape index (κ3) is 4.03. The summed E-state index contributed by atoms with van der Waals surface area (Å²) in [6.07, 6.45) is 4.19. The fourth-order valence-corrected chi connectivity index (χ4v) is 3.62. The molecule has 0 N–H and O–H groups in total. The molecular formula is C17H22N4O2S. The molecule has 1 fully saturated rings. The summed E-state index contributed by atoms with van der Waals surface area (Å²) in [5.74, 6) is 0.230. The lowest BCUT2D eigenvalue weighted by atomic mass is 10.2. The van der Waals surface area contributed by atoms with Gasteiger partial charge in [0.15, 0.2) is 0 Å². The molecule has 3 rings (SSSR count). The number of carbonyl (C=O) groups excluding carboxylic acids is 1. The second-order valence-electron chi connectivity index (χ2n) is 5.98. The Balaban J connectivity index is 1.46. The van der Waals surface area contributed by atoms with Gasteiger partial charge in [0.1, 0.15) is 0 Å². The fraction of sp³-hybridized carbons (Fsp3) is 0.471. The largest absolute Gasteiger partial charge is 0.367 e. The molecule has 7 heteroatoms. The zero-order valence-corrected chi connectivity index (χ0v) is 14.7. The van der Waals surface area contributed by atoms with E-state index in [1.54, 1.807) is 30.6 Å². The van der Waals surface area contributed by atoms with E-state index in [0.29, 0.717) is 19.5 Å². The molecule has 24 heavy (non-hydrogen) atoms. The first kappa shape index (κ1) is 16.7. The summed E-state index contributed by atoms with van der Waals surface area (Å²) in [5.41, 5.74) is 0.725. The summed E-state index contributed by atoms with van der Waals surface area (Å²) in [4.78, 5) is 29.4. The monoisotopic (exact) mass is 346 g/mol. The predicted molar refractivity (Wildman–Crippen MR) is 95.5 cm³/mol. The molecule has 0 bridgehead atoms. The molecule has 0 spiro atoms. The quantitative estimate of drug-likeness (QED) is 0.823. The number of hydrogen-bond acceptors (Lipinski definition) is 5. The maximum atomic E-state index is 12.3. The van der Waals surface area contributed by atoms with Gasteiger partial charge in [-0.3, -0.25) is 9.59 Å². The molecule has 0 atom stereocenters. The average molecular weight is 346 g/mol. The van der Waals surface area contributed by atoms with Crippen LogP contribution in [0.3, 0.4) is 0 Å². The van der Waals surface area contributed by atoms with E-state index in [2.05, 4.69) is 21.4 Å². The number of nitrogens with zero attached hydrogens (tertiary/aromatic N) is 4. The molecule has 0 aromatic carbocycles. The van der Waals surface area contributed by atoms with Gasteiger partial charge < -0.3 is 9.80 Å². The molecule has 128 valence electrons. The van der Waals surface area contributed by atoms with Gasteiger partial charge in [0.05, 0.1) is 11.9 Å². The molecule has 0 aliphatic carbocycles. The molecule has 0 unspecified atom stereocenters. The highest BCUT2D eigenvalue weighted by Crippen LogP contribution is 2.15. The number of piperazine rings is 1. The van der Waals surface area contributed by atoms with Crippen molar-refractivity contribution in [3.05, 3.63) is 45.0 Å². The first-order valence-corrected chi connectivity index (χ1v) is 9.10. The molecule has 1 amide bonds. The second-order valence-corrected chi connectivity index (χ2v) is 7.01. The average Bonchev–Trinajstić information content (AvgIpc) is 3.11. The molecule has 6 nitrogen and oxygen atoms in total. The number of aromatic nitrogens is 2. The van der Waals surface area contributed by atoms with E-state index in [-0.39, 0.29) is 11.5 Å². The van der Waals surface area contributed by atoms with E-state index >= 15 is 0 Å². The second kappa shape index (κ2) is 7.61. The van der Waals surface area contributed by atoms with Crippen molar-refractivity contribution in [2.24, 2.45) is 7.05 Å². The zero-order chi connectivity index (χ0) is 16.9. The van der Waals surface area contributed by atoms with Crippen LogP contribution in [0.25, 0.3) is 0 Å². The van der Waals surface area contributed by atoms with Crippen molar-refractivity contribution >= 4 is 22.9 Å². The Kier molecular flexibility index (Phi) is 5.30. The fourth-order valence-electron chi connectivity index (χ4n) is 2.87. The lowest BCUT2D eigenvalue weighted by molar-refractivity contribution is -0.131. The Bertz CT molecular complexity index is 733. The molecule has 2 aromatic heterocycles. The molecule has 2 aromatic rings. The van der Waals surface area contributed by atoms with E-state index in [1.807, 2.05) is 11.0 Å². The number of thiophene rings is 1. The van der Waals surface area contributed by atoms with Gasteiger partial charge in [0.2, 0.25) is 5.91 Å². The van der Waals surface area contributed by atoms with Gasteiger partial charge in [-0.25, -0.2) is 4.68 Å². The van der Waals surface area contributed by atoms with Gasteiger partial charge in [0, 0.05) is 50.6 Å². The Morgan fingerprint density at radius 2 is 2.08 bits per heavy atom. The van der Waals surface area contributed by atoms with Crippen LogP contribution in [0.4, 0.5) is 5.69 Å². The molecule has 3 heterocycles. The SMILES string of the molecule is Cn1ncc(N2CCN(C(=O)CCCc3cccs3)CC2)cc1=O. The zero-order valence-electron chi connectivity index (χ0n) is 13.9. The predicted octanol–water partition coefficient (Wildman–Crippen LogP) is 1.51. The Morgan fingerprint density at radius 3 is 2.75 bits per heavy atom. The van der Waals surface area contributed by atoms with Gasteiger partial charge in [-0.2, -0.15) is 5.10 Å². The number of aryl methyl sites for hydroxylation is 2. The van der Waals surface area contributed by atoms with Crippen LogP contribution in [-0.2, 0) is 18.3 Å². The molecule has 1 aliphatic rings. The van der Waals surface area contributed by atoms with Crippen molar-refractivity contribution in [1.82, 2.24) is 14.7 Å². The van der Waals surface area contributed by atoms with Crippen LogP contribution in [0, 0.1) is 0 Å². The number of anilines is 1. The maximum absolute atomic E-state index is 12.3. The summed E-state index contributed by atoms with van der Waals surface area (Å²) in [7, 11) is 1.64. The van der Waals surface area contributed by atoms with Crippen molar-refractivity contribution < 1.29 is 4.79 Å². The standard InChI is InChI=1S/C17H22N4O2S/c1-19-17(23)12-14(13-18-19)20-7-9-21(10-8-20)16(22)6-2-4-15-5-3-11-24-15/h3,5,11-13H,2,4,6-10H2,1H3. The summed E-state index contributed by atoms with van der Waals surface area (Å²) in [5, 5.41) is 6.13. The van der Waals surface area contributed by atoms with Crippen LogP contribution in [0.1, 0.15) is 17.7 Å². The third-order valence-electron chi connectivity index (χ3n) is 4.34. The number of hydrogen-bond donors (Lipinski definition) is 0. The van der Waals surface area contributed by atoms with Gasteiger partial charge in [-0.15, -0.1) is 11.3 Å².